The number of fused-ring (bicyclic) bond motifs is 1. The number of carbonyl (C=O) groups is 2. The van der Waals surface area contributed by atoms with Gasteiger partial charge in [0.2, 0.25) is 11.8 Å². The van der Waals surface area contributed by atoms with E-state index in [9.17, 15) is 9.59 Å². The highest BCUT2D eigenvalue weighted by atomic mass is 16.5. The molecular formula is C16H24N4O3. The number of imidazole rings is 1. The summed E-state index contributed by atoms with van der Waals surface area (Å²) in [5, 5.41) is 0. The molecule has 7 heteroatoms. The third kappa shape index (κ3) is 3.24. The lowest BCUT2D eigenvalue weighted by Gasteiger charge is -2.33. The van der Waals surface area contributed by atoms with Gasteiger partial charge >= 0.3 is 0 Å². The predicted molar refractivity (Wildman–Crippen MR) is 83.7 cm³/mol. The maximum absolute atomic E-state index is 12.3. The molecule has 1 fully saturated rings. The van der Waals surface area contributed by atoms with Crippen LogP contribution in [0.1, 0.15) is 37.3 Å². The van der Waals surface area contributed by atoms with Crippen molar-refractivity contribution in [3.8, 4) is 0 Å². The zero-order valence-electron chi connectivity index (χ0n) is 13.8. The Hall–Kier alpha value is -1.89. The molecular weight excluding hydrogens is 296 g/mol. The van der Waals surface area contributed by atoms with E-state index in [1.165, 1.54) is 7.11 Å². The molecule has 1 aromatic rings. The monoisotopic (exact) mass is 320 g/mol. The largest absolute Gasteiger partial charge is 0.375 e. The number of hydrogen-bond acceptors (Lipinski definition) is 4. The number of methoxy groups -OCH3 is 1. The quantitative estimate of drug-likeness (QED) is 0.815. The fourth-order valence-electron chi connectivity index (χ4n) is 3.41. The summed E-state index contributed by atoms with van der Waals surface area (Å²) in [6.45, 7) is 5.14. The number of aromatic nitrogens is 2. The van der Waals surface area contributed by atoms with E-state index < -0.39 is 0 Å². The van der Waals surface area contributed by atoms with E-state index >= 15 is 0 Å². The van der Waals surface area contributed by atoms with E-state index in [-0.39, 0.29) is 24.5 Å². The standard InChI is InChI=1S/C16H24N4O3/c1-12-16-17-13(9-14(21)18-5-3-4-6-18)10-19(16)7-8-20(12)15(22)11-23-2/h10,12H,3-9,11H2,1-2H3/t12-/m1/s1. The predicted octanol–water partition coefficient (Wildman–Crippen LogP) is 0.598. The SMILES string of the molecule is COCC(=O)N1CCn2cc(CC(=O)N3CCCC3)nc2[C@H]1C. The molecule has 2 aliphatic rings. The van der Waals surface area contributed by atoms with E-state index in [0.717, 1.165) is 37.4 Å². The molecule has 0 unspecified atom stereocenters. The molecule has 3 rings (SSSR count). The zero-order valence-corrected chi connectivity index (χ0v) is 13.8. The summed E-state index contributed by atoms with van der Waals surface area (Å²) in [6.07, 6.45) is 4.49. The van der Waals surface area contributed by atoms with Gasteiger partial charge in [-0.25, -0.2) is 4.98 Å². The maximum Gasteiger partial charge on any atom is 0.249 e. The van der Waals surface area contributed by atoms with Gasteiger partial charge in [-0.1, -0.05) is 0 Å². The Kier molecular flexibility index (Phi) is 4.66. The molecule has 3 heterocycles. The fraction of sp³-hybridized carbons (Fsp3) is 0.688. The van der Waals surface area contributed by atoms with Crippen LogP contribution < -0.4 is 0 Å². The Morgan fingerprint density at radius 1 is 1.22 bits per heavy atom. The molecule has 0 saturated carbocycles. The smallest absolute Gasteiger partial charge is 0.249 e. The summed E-state index contributed by atoms with van der Waals surface area (Å²) in [5.41, 5.74) is 0.796. The van der Waals surface area contributed by atoms with Gasteiger partial charge in [0.1, 0.15) is 12.4 Å². The van der Waals surface area contributed by atoms with Crippen LogP contribution in [0.25, 0.3) is 0 Å². The lowest BCUT2D eigenvalue weighted by molar-refractivity contribution is -0.138. The second-order valence-electron chi connectivity index (χ2n) is 6.24. The minimum Gasteiger partial charge on any atom is -0.375 e. The van der Waals surface area contributed by atoms with E-state index in [2.05, 4.69) is 9.55 Å². The Morgan fingerprint density at radius 3 is 2.65 bits per heavy atom. The van der Waals surface area contributed by atoms with E-state index in [0.29, 0.717) is 19.5 Å². The van der Waals surface area contributed by atoms with Crippen LogP contribution in [-0.4, -0.2) is 64.5 Å². The summed E-state index contributed by atoms with van der Waals surface area (Å²) in [4.78, 5) is 32.7. The highest BCUT2D eigenvalue weighted by molar-refractivity contribution is 5.79. The molecule has 2 amide bonds. The summed E-state index contributed by atoms with van der Waals surface area (Å²) in [7, 11) is 1.52. The van der Waals surface area contributed by atoms with E-state index in [4.69, 9.17) is 4.74 Å². The second kappa shape index (κ2) is 6.70. The number of amides is 2. The van der Waals surface area contributed by atoms with Crippen LogP contribution in [0, 0.1) is 0 Å². The second-order valence-corrected chi connectivity index (χ2v) is 6.24. The van der Waals surface area contributed by atoms with Gasteiger partial charge in [0.05, 0.1) is 18.2 Å². The number of likely N-dealkylation sites (tertiary alicyclic amines) is 1. The molecule has 0 aromatic carbocycles. The van der Waals surface area contributed by atoms with Gasteiger partial charge in [0.25, 0.3) is 0 Å². The van der Waals surface area contributed by atoms with Crippen molar-refractivity contribution < 1.29 is 14.3 Å². The number of rotatable bonds is 4. The highest BCUT2D eigenvalue weighted by Crippen LogP contribution is 2.25. The molecule has 0 spiro atoms. The minimum atomic E-state index is -0.0953. The zero-order chi connectivity index (χ0) is 16.4. The van der Waals surface area contributed by atoms with Crippen LogP contribution in [0.5, 0.6) is 0 Å². The first kappa shape index (κ1) is 16.0. The fourth-order valence-corrected chi connectivity index (χ4v) is 3.41. The lowest BCUT2D eigenvalue weighted by Crippen LogP contribution is -2.42. The van der Waals surface area contributed by atoms with Gasteiger partial charge in [0, 0.05) is 39.5 Å². The van der Waals surface area contributed by atoms with Gasteiger partial charge in [0.15, 0.2) is 0 Å². The van der Waals surface area contributed by atoms with Crippen molar-refractivity contribution in [1.82, 2.24) is 19.4 Å². The molecule has 0 N–H and O–H groups in total. The molecule has 23 heavy (non-hydrogen) atoms. The Labute approximate surface area is 136 Å². The molecule has 1 aromatic heterocycles. The van der Waals surface area contributed by atoms with Crippen molar-refractivity contribution in [3.63, 3.8) is 0 Å². The van der Waals surface area contributed by atoms with Gasteiger partial charge < -0.3 is 19.1 Å². The first-order valence-corrected chi connectivity index (χ1v) is 8.22. The van der Waals surface area contributed by atoms with Crippen LogP contribution in [0.2, 0.25) is 0 Å². The van der Waals surface area contributed by atoms with Gasteiger partial charge in [-0.3, -0.25) is 9.59 Å². The van der Waals surface area contributed by atoms with Crippen molar-refractivity contribution in [1.29, 1.82) is 0 Å². The van der Waals surface area contributed by atoms with Crippen molar-refractivity contribution in [2.75, 3.05) is 33.4 Å². The molecule has 1 saturated heterocycles. The van der Waals surface area contributed by atoms with Gasteiger partial charge in [-0.15, -0.1) is 0 Å². The van der Waals surface area contributed by atoms with Crippen LogP contribution in [0.15, 0.2) is 6.20 Å². The molecule has 0 bridgehead atoms. The van der Waals surface area contributed by atoms with Gasteiger partial charge in [-0.05, 0) is 19.8 Å². The maximum atomic E-state index is 12.3. The topological polar surface area (TPSA) is 67.7 Å². The average molecular weight is 320 g/mol. The summed E-state index contributed by atoms with van der Waals surface area (Å²) in [5.74, 6) is 0.979. The number of hydrogen-bond donors (Lipinski definition) is 0. The third-order valence-corrected chi connectivity index (χ3v) is 4.66. The molecule has 1 atom stereocenters. The number of carbonyl (C=O) groups excluding carboxylic acids is 2. The van der Waals surface area contributed by atoms with Crippen LogP contribution in [0.4, 0.5) is 0 Å². The third-order valence-electron chi connectivity index (χ3n) is 4.66. The summed E-state index contributed by atoms with van der Waals surface area (Å²) < 4.78 is 7.00. The first-order chi connectivity index (χ1) is 11.1. The van der Waals surface area contributed by atoms with Crippen LogP contribution in [0.3, 0.4) is 0 Å². The van der Waals surface area contributed by atoms with E-state index in [1.807, 2.05) is 18.0 Å². The van der Waals surface area contributed by atoms with Crippen molar-refractivity contribution in [2.45, 2.75) is 38.8 Å². The van der Waals surface area contributed by atoms with Crippen LogP contribution >= 0.6 is 0 Å². The van der Waals surface area contributed by atoms with E-state index in [1.54, 1.807) is 4.90 Å². The Morgan fingerprint density at radius 2 is 1.96 bits per heavy atom. The van der Waals surface area contributed by atoms with Crippen molar-refractivity contribution in [2.24, 2.45) is 0 Å². The highest BCUT2D eigenvalue weighted by Gasteiger charge is 2.30. The van der Waals surface area contributed by atoms with Crippen molar-refractivity contribution >= 4 is 11.8 Å². The van der Waals surface area contributed by atoms with Crippen molar-refractivity contribution in [3.05, 3.63) is 17.7 Å². The molecule has 2 aliphatic heterocycles. The van der Waals surface area contributed by atoms with Crippen LogP contribution in [-0.2, 0) is 27.3 Å². The number of nitrogens with zero attached hydrogens (tertiary/aromatic N) is 4. The average Bonchev–Trinajstić information content (AvgIpc) is 3.16. The summed E-state index contributed by atoms with van der Waals surface area (Å²) in [6, 6.07) is -0.0953. The van der Waals surface area contributed by atoms with Gasteiger partial charge in [-0.2, -0.15) is 0 Å². The Bertz CT molecular complexity index is 592. The normalized spacial score (nSPS) is 20.7. The minimum absolute atomic E-state index is 0.0241. The molecule has 0 aliphatic carbocycles. The molecule has 0 radical (unpaired) electrons. The Balaban J connectivity index is 1.70. The first-order valence-electron chi connectivity index (χ1n) is 8.22. The summed E-state index contributed by atoms with van der Waals surface area (Å²) >= 11 is 0. The molecule has 126 valence electrons. The molecule has 7 nitrogen and oxygen atoms in total. The number of ether oxygens (including phenoxy) is 1. The lowest BCUT2D eigenvalue weighted by atomic mass is 10.2.